The summed E-state index contributed by atoms with van der Waals surface area (Å²) >= 11 is 0. The second kappa shape index (κ2) is 8.49. The molecule has 1 fully saturated rings. The van der Waals surface area contributed by atoms with Crippen molar-refractivity contribution in [1.82, 2.24) is 9.62 Å². The van der Waals surface area contributed by atoms with Gasteiger partial charge in [0.2, 0.25) is 15.9 Å². The van der Waals surface area contributed by atoms with Crippen LogP contribution in [0.3, 0.4) is 0 Å². The predicted molar refractivity (Wildman–Crippen MR) is 97.3 cm³/mol. The Morgan fingerprint density at radius 2 is 1.93 bits per heavy atom. The third-order valence-corrected chi connectivity index (χ3v) is 6.22. The summed E-state index contributed by atoms with van der Waals surface area (Å²) in [5, 5.41) is 4.97. The van der Waals surface area contributed by atoms with Crippen LogP contribution in [0.4, 0.5) is 5.69 Å². The van der Waals surface area contributed by atoms with Crippen molar-refractivity contribution in [3.63, 3.8) is 0 Å². The second-order valence-electron chi connectivity index (χ2n) is 6.45. The van der Waals surface area contributed by atoms with Crippen LogP contribution in [0.1, 0.15) is 26.7 Å². The first kappa shape index (κ1) is 20.8. The van der Waals surface area contributed by atoms with Gasteiger partial charge in [-0.05, 0) is 44.5 Å². The first-order valence-corrected chi connectivity index (χ1v) is 9.89. The molecular formula is C17H23N3O6S. The number of rotatable bonds is 7. The van der Waals surface area contributed by atoms with Gasteiger partial charge in [-0.3, -0.25) is 9.59 Å². The normalized spacial score (nSPS) is 17.1. The van der Waals surface area contributed by atoms with Gasteiger partial charge in [-0.15, -0.1) is 0 Å². The summed E-state index contributed by atoms with van der Waals surface area (Å²) in [5.74, 6) is -1.45. The SMILES string of the molecule is CC(C)N(C)S(=O)(=O)c1ccc(NC(=O)COC(=O)[C@@H]2CCC(=O)N2)cc1. The molecule has 27 heavy (non-hydrogen) atoms. The van der Waals surface area contributed by atoms with Crippen molar-refractivity contribution < 1.29 is 27.5 Å². The lowest BCUT2D eigenvalue weighted by Crippen LogP contribution is -2.36. The molecule has 0 spiro atoms. The number of nitrogens with zero attached hydrogens (tertiary/aromatic N) is 1. The number of carbonyl (C=O) groups is 3. The van der Waals surface area contributed by atoms with E-state index < -0.39 is 34.5 Å². The number of ether oxygens (including phenoxy) is 1. The van der Waals surface area contributed by atoms with E-state index >= 15 is 0 Å². The van der Waals surface area contributed by atoms with E-state index in [0.717, 1.165) is 0 Å². The number of esters is 1. The molecule has 1 atom stereocenters. The quantitative estimate of drug-likeness (QED) is 0.645. The molecule has 0 aromatic heterocycles. The van der Waals surface area contributed by atoms with Crippen LogP contribution in [0, 0.1) is 0 Å². The summed E-state index contributed by atoms with van der Waals surface area (Å²) in [6.45, 7) is 3.04. The van der Waals surface area contributed by atoms with E-state index in [-0.39, 0.29) is 23.3 Å². The fraction of sp³-hybridized carbons (Fsp3) is 0.471. The predicted octanol–water partition coefficient (Wildman–Crippen LogP) is 0.476. The second-order valence-corrected chi connectivity index (χ2v) is 8.45. The van der Waals surface area contributed by atoms with Crippen LogP contribution in [-0.4, -0.2) is 56.2 Å². The highest BCUT2D eigenvalue weighted by atomic mass is 32.2. The molecule has 1 heterocycles. The number of sulfonamides is 1. The molecule has 1 saturated heterocycles. The molecule has 0 saturated carbocycles. The van der Waals surface area contributed by atoms with Gasteiger partial charge in [0.1, 0.15) is 6.04 Å². The van der Waals surface area contributed by atoms with E-state index in [9.17, 15) is 22.8 Å². The van der Waals surface area contributed by atoms with Gasteiger partial charge in [0.15, 0.2) is 6.61 Å². The highest BCUT2D eigenvalue weighted by Crippen LogP contribution is 2.19. The minimum absolute atomic E-state index is 0.111. The summed E-state index contributed by atoms with van der Waals surface area (Å²) in [6, 6.07) is 4.80. The third-order valence-electron chi connectivity index (χ3n) is 4.17. The number of hydrogen-bond donors (Lipinski definition) is 2. The molecule has 1 aromatic rings. The van der Waals surface area contributed by atoms with Crippen LogP contribution >= 0.6 is 0 Å². The van der Waals surface area contributed by atoms with Crippen LogP contribution in [0.2, 0.25) is 0 Å². The van der Waals surface area contributed by atoms with E-state index in [1.165, 1.54) is 35.6 Å². The number of carbonyl (C=O) groups excluding carboxylic acids is 3. The summed E-state index contributed by atoms with van der Waals surface area (Å²) in [5.41, 5.74) is 0.372. The maximum absolute atomic E-state index is 12.4. The number of anilines is 1. The molecule has 0 unspecified atom stereocenters. The van der Waals surface area contributed by atoms with Crippen molar-refractivity contribution in [1.29, 1.82) is 0 Å². The van der Waals surface area contributed by atoms with Gasteiger partial charge >= 0.3 is 5.97 Å². The van der Waals surface area contributed by atoms with Gasteiger partial charge < -0.3 is 15.4 Å². The molecule has 2 rings (SSSR count). The summed E-state index contributed by atoms with van der Waals surface area (Å²) in [6.07, 6.45) is 0.604. The van der Waals surface area contributed by atoms with Gasteiger partial charge in [-0.2, -0.15) is 4.31 Å². The average Bonchev–Trinajstić information content (AvgIpc) is 3.06. The largest absolute Gasteiger partial charge is 0.454 e. The van der Waals surface area contributed by atoms with Crippen LogP contribution in [0.15, 0.2) is 29.2 Å². The summed E-state index contributed by atoms with van der Waals surface area (Å²) in [7, 11) is -2.11. The topological polar surface area (TPSA) is 122 Å². The number of nitrogens with one attached hydrogen (secondary N) is 2. The van der Waals surface area contributed by atoms with E-state index in [1.807, 2.05) is 0 Å². The maximum atomic E-state index is 12.4. The molecule has 148 valence electrons. The zero-order valence-corrected chi connectivity index (χ0v) is 16.2. The van der Waals surface area contributed by atoms with Crippen molar-refractivity contribution in [2.75, 3.05) is 19.0 Å². The van der Waals surface area contributed by atoms with E-state index in [0.29, 0.717) is 12.1 Å². The fourth-order valence-electron chi connectivity index (χ4n) is 2.38. The van der Waals surface area contributed by atoms with Gasteiger partial charge in [0, 0.05) is 25.2 Å². The Hall–Kier alpha value is -2.46. The lowest BCUT2D eigenvalue weighted by molar-refractivity contribution is -0.149. The van der Waals surface area contributed by atoms with Crippen molar-refractivity contribution in [2.45, 2.75) is 43.7 Å². The maximum Gasteiger partial charge on any atom is 0.329 e. The smallest absolute Gasteiger partial charge is 0.329 e. The Labute approximate surface area is 158 Å². The Morgan fingerprint density at radius 3 is 2.44 bits per heavy atom. The minimum atomic E-state index is -3.60. The third kappa shape index (κ3) is 5.27. The van der Waals surface area contributed by atoms with Crippen LogP contribution in [-0.2, 0) is 29.1 Å². The average molecular weight is 397 g/mol. The minimum Gasteiger partial charge on any atom is -0.454 e. The number of benzene rings is 1. The molecule has 1 aliphatic heterocycles. The Morgan fingerprint density at radius 1 is 1.30 bits per heavy atom. The molecule has 2 amide bonds. The Balaban J connectivity index is 1.89. The molecule has 10 heteroatoms. The van der Waals surface area contributed by atoms with E-state index in [4.69, 9.17) is 4.74 Å². The van der Waals surface area contributed by atoms with Crippen molar-refractivity contribution in [3.05, 3.63) is 24.3 Å². The lowest BCUT2D eigenvalue weighted by atomic mass is 10.2. The van der Waals surface area contributed by atoms with Crippen LogP contribution in [0.25, 0.3) is 0 Å². The fourth-order valence-corrected chi connectivity index (χ4v) is 3.75. The molecule has 1 aliphatic rings. The molecule has 0 aliphatic carbocycles. The molecular weight excluding hydrogens is 374 g/mol. The number of hydrogen-bond acceptors (Lipinski definition) is 6. The molecule has 9 nitrogen and oxygen atoms in total. The van der Waals surface area contributed by atoms with Crippen molar-refractivity contribution >= 4 is 33.5 Å². The van der Waals surface area contributed by atoms with Crippen LogP contribution in [0.5, 0.6) is 0 Å². The van der Waals surface area contributed by atoms with E-state index in [1.54, 1.807) is 13.8 Å². The molecule has 0 radical (unpaired) electrons. The Bertz CT molecular complexity index is 820. The van der Waals surface area contributed by atoms with E-state index in [2.05, 4.69) is 10.6 Å². The Kier molecular flexibility index (Phi) is 6.55. The number of amides is 2. The molecule has 0 bridgehead atoms. The zero-order valence-electron chi connectivity index (χ0n) is 15.4. The summed E-state index contributed by atoms with van der Waals surface area (Å²) in [4.78, 5) is 34.8. The van der Waals surface area contributed by atoms with Crippen LogP contribution < -0.4 is 10.6 Å². The zero-order chi connectivity index (χ0) is 20.2. The highest BCUT2D eigenvalue weighted by molar-refractivity contribution is 7.89. The van der Waals surface area contributed by atoms with Gasteiger partial charge in [0.25, 0.3) is 5.91 Å². The molecule has 2 N–H and O–H groups in total. The monoisotopic (exact) mass is 397 g/mol. The van der Waals surface area contributed by atoms with Gasteiger partial charge in [0.05, 0.1) is 4.90 Å². The van der Waals surface area contributed by atoms with Gasteiger partial charge in [-0.1, -0.05) is 0 Å². The molecule has 1 aromatic carbocycles. The first-order chi connectivity index (χ1) is 12.6. The lowest BCUT2D eigenvalue weighted by Gasteiger charge is -2.21. The standard InChI is InChI=1S/C17H23N3O6S/c1-11(2)20(3)27(24,25)13-6-4-12(5-7-13)18-16(22)10-26-17(23)14-8-9-15(21)19-14/h4-7,11,14H,8-10H2,1-3H3,(H,18,22)(H,19,21)/t14-/m0/s1. The summed E-state index contributed by atoms with van der Waals surface area (Å²) < 4.78 is 30.9. The van der Waals surface area contributed by atoms with Gasteiger partial charge in [-0.25, -0.2) is 13.2 Å². The van der Waals surface area contributed by atoms with Crippen molar-refractivity contribution in [2.24, 2.45) is 0 Å². The first-order valence-electron chi connectivity index (χ1n) is 8.45. The highest BCUT2D eigenvalue weighted by Gasteiger charge is 2.29. The van der Waals surface area contributed by atoms with Crippen molar-refractivity contribution in [3.8, 4) is 0 Å².